The molecule has 0 bridgehead atoms. The van der Waals surface area contributed by atoms with Gasteiger partial charge in [-0.3, -0.25) is 0 Å². The predicted octanol–water partition coefficient (Wildman–Crippen LogP) is 4.71. The van der Waals surface area contributed by atoms with E-state index in [0.29, 0.717) is 5.92 Å². The van der Waals surface area contributed by atoms with Gasteiger partial charge in [0.25, 0.3) is 0 Å². The molecule has 0 saturated heterocycles. The fourth-order valence-electron chi connectivity index (χ4n) is 2.48. The van der Waals surface area contributed by atoms with Crippen molar-refractivity contribution in [1.29, 1.82) is 0 Å². The Morgan fingerprint density at radius 3 is 3.06 bits per heavy atom. The van der Waals surface area contributed by atoms with Crippen LogP contribution in [0.5, 0.6) is 0 Å². The maximum Gasteiger partial charge on any atom is 0.0257 e. The number of hydrogen-bond acceptors (Lipinski definition) is 1. The Morgan fingerprint density at radius 1 is 1.41 bits per heavy atom. The number of benzene rings is 1. The van der Waals surface area contributed by atoms with E-state index in [0.717, 1.165) is 11.8 Å². The molecule has 17 heavy (non-hydrogen) atoms. The van der Waals surface area contributed by atoms with Crippen molar-refractivity contribution in [2.24, 2.45) is 5.92 Å². The van der Waals surface area contributed by atoms with Gasteiger partial charge in [-0.25, -0.2) is 0 Å². The van der Waals surface area contributed by atoms with Gasteiger partial charge in [-0.1, -0.05) is 31.2 Å². The van der Waals surface area contributed by atoms with Gasteiger partial charge in [0.1, 0.15) is 0 Å². The van der Waals surface area contributed by atoms with E-state index in [9.17, 15) is 0 Å². The average Bonchev–Trinajstić information content (AvgIpc) is 2.39. The first-order valence-electron chi connectivity index (χ1n) is 6.52. The third-order valence-electron chi connectivity index (χ3n) is 3.48. The summed E-state index contributed by atoms with van der Waals surface area (Å²) < 4.78 is 0. The lowest BCUT2D eigenvalue weighted by molar-refractivity contribution is 0.596. The van der Waals surface area contributed by atoms with Gasteiger partial charge in [0.05, 0.1) is 0 Å². The van der Waals surface area contributed by atoms with Crippen LogP contribution in [0.3, 0.4) is 0 Å². The summed E-state index contributed by atoms with van der Waals surface area (Å²) in [4.78, 5) is 0. The van der Waals surface area contributed by atoms with Crippen LogP contribution in [0, 0.1) is 5.92 Å². The van der Waals surface area contributed by atoms with Gasteiger partial charge in [-0.2, -0.15) is 11.8 Å². The van der Waals surface area contributed by atoms with Crippen LogP contribution in [-0.4, -0.2) is 17.4 Å². The summed E-state index contributed by atoms with van der Waals surface area (Å²) in [5, 5.41) is 0. The number of halogens is 1. The monoisotopic (exact) mass is 268 g/mol. The molecule has 0 fully saturated rings. The van der Waals surface area contributed by atoms with Crippen molar-refractivity contribution >= 4 is 23.4 Å². The Bertz CT molecular complexity index is 351. The van der Waals surface area contributed by atoms with Gasteiger partial charge in [-0.05, 0) is 48.0 Å². The summed E-state index contributed by atoms with van der Waals surface area (Å²) in [6.07, 6.45) is 3.99. The lowest BCUT2D eigenvalue weighted by atomic mass is 9.84. The average molecular weight is 269 g/mol. The number of aryl methyl sites for hydroxylation is 1. The number of alkyl halides is 1. The smallest absolute Gasteiger partial charge is 0.0257 e. The number of hydrogen-bond donors (Lipinski definition) is 0. The summed E-state index contributed by atoms with van der Waals surface area (Å²) in [6.45, 7) is 2.23. The van der Waals surface area contributed by atoms with Crippen molar-refractivity contribution in [1.82, 2.24) is 0 Å². The normalized spacial score (nSPS) is 20.9. The first-order valence-corrected chi connectivity index (χ1v) is 8.21. The molecule has 2 rings (SSSR count). The van der Waals surface area contributed by atoms with Gasteiger partial charge in [0, 0.05) is 11.6 Å². The molecule has 0 aliphatic heterocycles. The molecule has 0 nitrogen and oxygen atoms in total. The van der Waals surface area contributed by atoms with Crippen molar-refractivity contribution in [3.8, 4) is 0 Å². The second-order valence-corrected chi connectivity index (χ2v) is 6.47. The first kappa shape index (κ1) is 13.3. The third kappa shape index (κ3) is 3.66. The zero-order valence-corrected chi connectivity index (χ0v) is 12.1. The highest BCUT2D eigenvalue weighted by molar-refractivity contribution is 7.99. The third-order valence-corrected chi connectivity index (χ3v) is 5.45. The van der Waals surface area contributed by atoms with Gasteiger partial charge < -0.3 is 0 Å². The number of rotatable bonds is 5. The molecule has 1 aromatic rings. The van der Waals surface area contributed by atoms with Crippen molar-refractivity contribution in [2.45, 2.75) is 32.1 Å². The molecule has 1 aliphatic carbocycles. The SMILES string of the molecule is CC(CCl)CSCC1CCCc2ccccc21. The Hall–Kier alpha value is -0.140. The van der Waals surface area contributed by atoms with Gasteiger partial charge in [0.2, 0.25) is 0 Å². The Kier molecular flexibility index (Phi) is 5.24. The largest absolute Gasteiger partial charge is 0.161 e. The van der Waals surface area contributed by atoms with E-state index in [-0.39, 0.29) is 0 Å². The minimum atomic E-state index is 0.639. The summed E-state index contributed by atoms with van der Waals surface area (Å²) in [6, 6.07) is 8.98. The highest BCUT2D eigenvalue weighted by atomic mass is 35.5. The van der Waals surface area contributed by atoms with E-state index in [1.54, 1.807) is 11.1 Å². The molecule has 2 unspecified atom stereocenters. The van der Waals surface area contributed by atoms with Gasteiger partial charge in [-0.15, -0.1) is 11.6 Å². The minimum Gasteiger partial charge on any atom is -0.161 e. The van der Waals surface area contributed by atoms with E-state index in [2.05, 4.69) is 43.0 Å². The van der Waals surface area contributed by atoms with Crippen LogP contribution < -0.4 is 0 Å². The first-order chi connectivity index (χ1) is 8.31. The second kappa shape index (κ2) is 6.70. The Balaban J connectivity index is 1.90. The van der Waals surface area contributed by atoms with Crippen LogP contribution in [0.15, 0.2) is 24.3 Å². The Morgan fingerprint density at radius 2 is 2.24 bits per heavy atom. The second-order valence-electron chi connectivity index (χ2n) is 5.08. The van der Waals surface area contributed by atoms with Crippen LogP contribution in [0.4, 0.5) is 0 Å². The maximum absolute atomic E-state index is 5.84. The highest BCUT2D eigenvalue weighted by Gasteiger charge is 2.19. The lowest BCUT2D eigenvalue weighted by Gasteiger charge is -2.25. The zero-order valence-electron chi connectivity index (χ0n) is 10.5. The van der Waals surface area contributed by atoms with Crippen molar-refractivity contribution < 1.29 is 0 Å². The highest BCUT2D eigenvalue weighted by Crippen LogP contribution is 2.34. The molecular weight excluding hydrogens is 248 g/mol. The fourth-order valence-corrected chi connectivity index (χ4v) is 4.01. The zero-order chi connectivity index (χ0) is 12.1. The molecule has 0 amide bonds. The number of fused-ring (bicyclic) bond motifs is 1. The van der Waals surface area contributed by atoms with E-state index in [1.807, 2.05) is 0 Å². The van der Waals surface area contributed by atoms with Crippen LogP contribution in [0.1, 0.15) is 36.8 Å². The molecule has 0 heterocycles. The molecule has 2 atom stereocenters. The summed E-state index contributed by atoms with van der Waals surface area (Å²) in [5.74, 6) is 4.65. The van der Waals surface area contributed by atoms with E-state index in [4.69, 9.17) is 11.6 Å². The predicted molar refractivity (Wildman–Crippen MR) is 79.3 cm³/mol. The van der Waals surface area contributed by atoms with E-state index >= 15 is 0 Å². The molecule has 2 heteroatoms. The molecule has 0 N–H and O–H groups in total. The molecule has 0 aromatic heterocycles. The fraction of sp³-hybridized carbons (Fsp3) is 0.600. The van der Waals surface area contributed by atoms with Gasteiger partial charge in [0.15, 0.2) is 0 Å². The van der Waals surface area contributed by atoms with Crippen molar-refractivity contribution in [3.05, 3.63) is 35.4 Å². The standard InChI is InChI=1S/C15H21ClS/c1-12(9-16)10-17-11-14-7-4-6-13-5-2-3-8-15(13)14/h2-3,5,8,12,14H,4,6-7,9-11H2,1H3. The molecule has 1 aromatic carbocycles. The summed E-state index contributed by atoms with van der Waals surface area (Å²) in [7, 11) is 0. The van der Waals surface area contributed by atoms with Crippen molar-refractivity contribution in [3.63, 3.8) is 0 Å². The van der Waals surface area contributed by atoms with Crippen LogP contribution in [0.25, 0.3) is 0 Å². The summed E-state index contributed by atoms with van der Waals surface area (Å²) >= 11 is 7.91. The Labute approximate surface area is 114 Å². The van der Waals surface area contributed by atoms with Crippen LogP contribution in [-0.2, 0) is 6.42 Å². The van der Waals surface area contributed by atoms with E-state index in [1.165, 1.54) is 30.8 Å². The quantitative estimate of drug-likeness (QED) is 0.697. The minimum absolute atomic E-state index is 0.639. The lowest BCUT2D eigenvalue weighted by Crippen LogP contribution is -2.12. The van der Waals surface area contributed by atoms with Crippen LogP contribution >= 0.6 is 23.4 Å². The van der Waals surface area contributed by atoms with Gasteiger partial charge >= 0.3 is 0 Å². The molecule has 0 spiro atoms. The van der Waals surface area contributed by atoms with Crippen LogP contribution in [0.2, 0.25) is 0 Å². The molecule has 0 saturated carbocycles. The molecule has 1 aliphatic rings. The maximum atomic E-state index is 5.84. The summed E-state index contributed by atoms with van der Waals surface area (Å²) in [5.41, 5.74) is 3.18. The topological polar surface area (TPSA) is 0 Å². The molecule has 0 radical (unpaired) electrons. The number of thioether (sulfide) groups is 1. The van der Waals surface area contributed by atoms with Crippen molar-refractivity contribution in [2.75, 3.05) is 17.4 Å². The molecular formula is C15H21ClS. The molecule has 94 valence electrons. The van der Waals surface area contributed by atoms with E-state index < -0.39 is 0 Å².